The Morgan fingerprint density at radius 1 is 1.14 bits per heavy atom. The number of carbonyl (C=O) groups is 1. The van der Waals surface area contributed by atoms with Crippen molar-refractivity contribution in [1.82, 2.24) is 29.5 Å². The van der Waals surface area contributed by atoms with E-state index in [9.17, 15) is 26.7 Å². The Hall–Kier alpha value is -4.02. The number of hydrogen-bond acceptors (Lipinski definition) is 9. The lowest BCUT2D eigenvalue weighted by molar-refractivity contribution is -0.139. The molecule has 268 valence electrons. The first-order chi connectivity index (χ1) is 23.7. The number of anilines is 2. The van der Waals surface area contributed by atoms with Crippen LogP contribution < -0.4 is 15.4 Å². The van der Waals surface area contributed by atoms with Gasteiger partial charge in [-0.1, -0.05) is 11.6 Å². The maximum Gasteiger partial charge on any atom is 0.418 e. The average Bonchev–Trinajstić information content (AvgIpc) is 3.70. The van der Waals surface area contributed by atoms with E-state index in [1.807, 2.05) is 9.80 Å². The molecule has 0 radical (unpaired) electrons. The van der Waals surface area contributed by atoms with Gasteiger partial charge in [0.15, 0.2) is 5.69 Å². The number of alkyl halides is 3. The first kappa shape index (κ1) is 34.4. The third kappa shape index (κ3) is 6.36. The summed E-state index contributed by atoms with van der Waals surface area (Å²) < 4.78 is 84.1. The predicted octanol–water partition coefficient (Wildman–Crippen LogP) is 5.62. The van der Waals surface area contributed by atoms with E-state index < -0.39 is 34.5 Å². The zero-order valence-corrected chi connectivity index (χ0v) is 28.3. The molecule has 11 nitrogen and oxygen atoms in total. The quantitative estimate of drug-likeness (QED) is 0.256. The highest BCUT2D eigenvalue weighted by molar-refractivity contribution is 6.31. The highest BCUT2D eigenvalue weighted by atomic mass is 35.5. The molecule has 17 heteroatoms. The van der Waals surface area contributed by atoms with E-state index in [4.69, 9.17) is 31.8 Å². The number of aryl methyl sites for hydroxylation is 1. The van der Waals surface area contributed by atoms with E-state index in [1.54, 1.807) is 24.8 Å². The van der Waals surface area contributed by atoms with Crippen LogP contribution in [0.2, 0.25) is 5.02 Å². The number of amides is 1. The fourth-order valence-electron chi connectivity index (χ4n) is 7.60. The molecule has 7 rings (SSSR count). The molecule has 2 atom stereocenters. The molecule has 3 aromatic rings. The normalized spacial score (nSPS) is 22.2. The second-order valence-electron chi connectivity index (χ2n) is 13.5. The van der Waals surface area contributed by atoms with Crippen LogP contribution in [-0.2, 0) is 37.0 Å². The van der Waals surface area contributed by atoms with Crippen LogP contribution in [0.4, 0.5) is 33.5 Å². The minimum absolute atomic E-state index is 0.0124. The van der Waals surface area contributed by atoms with E-state index in [1.165, 1.54) is 11.0 Å². The lowest BCUT2D eigenvalue weighted by Gasteiger charge is -2.33. The summed E-state index contributed by atoms with van der Waals surface area (Å²) in [5.41, 5.74) is 6.32. The number of fused-ring (bicyclic) bond motifs is 3. The second kappa shape index (κ2) is 12.9. The monoisotopic (exact) mass is 722 g/mol. The van der Waals surface area contributed by atoms with E-state index >= 15 is 0 Å². The number of aromatic nitrogens is 4. The zero-order chi connectivity index (χ0) is 35.5. The van der Waals surface area contributed by atoms with Crippen LogP contribution in [0.25, 0.3) is 0 Å². The summed E-state index contributed by atoms with van der Waals surface area (Å²) in [5, 5.41) is 3.98. The average molecular weight is 723 g/mol. The summed E-state index contributed by atoms with van der Waals surface area (Å²) >= 11 is 6.07. The molecule has 1 aromatic carbocycles. The van der Waals surface area contributed by atoms with Gasteiger partial charge in [-0.3, -0.25) is 14.4 Å². The lowest BCUT2D eigenvalue weighted by Crippen LogP contribution is -2.43. The fourth-order valence-corrected chi connectivity index (χ4v) is 7.94. The predicted molar refractivity (Wildman–Crippen MR) is 173 cm³/mol. The molecular formula is C33H36ClF5N8O3. The minimum Gasteiger partial charge on any atom is -0.461 e. The molecule has 0 spiro atoms. The van der Waals surface area contributed by atoms with E-state index in [0.717, 1.165) is 18.2 Å². The molecule has 4 aliphatic heterocycles. The first-order valence-electron chi connectivity index (χ1n) is 16.3. The second-order valence-corrected chi connectivity index (χ2v) is 13.9. The molecule has 4 aliphatic rings. The Labute approximate surface area is 289 Å². The number of benzene rings is 1. The number of ether oxygens (including phenoxy) is 2. The highest BCUT2D eigenvalue weighted by Gasteiger charge is 2.48. The number of nitrogens with two attached hydrogens (primary N) is 1. The molecule has 0 bridgehead atoms. The summed E-state index contributed by atoms with van der Waals surface area (Å²) in [7, 11) is 3.30. The van der Waals surface area contributed by atoms with Crippen LogP contribution in [0.5, 0.6) is 6.01 Å². The number of nitrogens with zero attached hydrogens (tertiary/aromatic N) is 7. The summed E-state index contributed by atoms with van der Waals surface area (Å²) in [6.45, 7) is 2.21. The third-order valence-electron chi connectivity index (χ3n) is 9.97. The fraction of sp³-hybridized carbons (Fsp3) is 0.515. The molecule has 2 saturated heterocycles. The topological polar surface area (TPSA) is 115 Å². The van der Waals surface area contributed by atoms with Crippen molar-refractivity contribution in [2.24, 2.45) is 0 Å². The van der Waals surface area contributed by atoms with Crippen molar-refractivity contribution in [3.8, 4) is 6.01 Å². The van der Waals surface area contributed by atoms with Crippen molar-refractivity contribution >= 4 is 29.0 Å². The van der Waals surface area contributed by atoms with Gasteiger partial charge in [-0.25, -0.2) is 0 Å². The molecule has 2 aromatic heterocycles. The highest BCUT2D eigenvalue weighted by Crippen LogP contribution is 2.46. The van der Waals surface area contributed by atoms with Gasteiger partial charge in [0.2, 0.25) is 0 Å². The van der Waals surface area contributed by atoms with E-state index in [2.05, 4.69) is 10.1 Å². The number of hydrogen-bond donors (Lipinski definition) is 1. The van der Waals surface area contributed by atoms with Crippen molar-refractivity contribution in [2.75, 3.05) is 51.0 Å². The third-order valence-corrected chi connectivity index (χ3v) is 10.3. The summed E-state index contributed by atoms with van der Waals surface area (Å²) in [5.74, 6) is 0.243. The molecule has 50 heavy (non-hydrogen) atoms. The van der Waals surface area contributed by atoms with E-state index in [-0.39, 0.29) is 61.3 Å². The van der Waals surface area contributed by atoms with Crippen molar-refractivity contribution in [1.29, 1.82) is 0 Å². The van der Waals surface area contributed by atoms with Gasteiger partial charge in [-0.05, 0) is 56.0 Å². The molecule has 6 heterocycles. The Bertz CT molecular complexity index is 1860. The van der Waals surface area contributed by atoms with Crippen LogP contribution in [0.1, 0.15) is 70.4 Å². The smallest absolute Gasteiger partial charge is 0.418 e. The van der Waals surface area contributed by atoms with E-state index in [0.29, 0.717) is 61.8 Å². The largest absolute Gasteiger partial charge is 0.461 e. The lowest BCUT2D eigenvalue weighted by atomic mass is 9.93. The van der Waals surface area contributed by atoms with Crippen LogP contribution in [0.15, 0.2) is 29.9 Å². The summed E-state index contributed by atoms with van der Waals surface area (Å²) in [4.78, 5) is 27.6. The summed E-state index contributed by atoms with van der Waals surface area (Å²) in [6, 6.07) is 4.00. The Balaban J connectivity index is 1.25. The summed E-state index contributed by atoms with van der Waals surface area (Å²) in [6.07, 6.45) is -5.26. The number of carbonyl (C=O) groups excluding carboxylic acids is 1. The Morgan fingerprint density at radius 3 is 2.68 bits per heavy atom. The maximum atomic E-state index is 14.2. The number of rotatable bonds is 6. The molecule has 0 unspecified atom stereocenters. The first-order valence-corrected chi connectivity index (χ1v) is 16.7. The molecule has 2 N–H and O–H groups in total. The van der Waals surface area contributed by atoms with Gasteiger partial charge < -0.3 is 25.0 Å². The molecule has 0 saturated carbocycles. The van der Waals surface area contributed by atoms with Crippen LogP contribution in [0.3, 0.4) is 0 Å². The van der Waals surface area contributed by atoms with Gasteiger partial charge in [0.25, 0.3) is 12.0 Å². The SMILES string of the molecule is CN(C)C(=O)c1cc2n(n1)CCCN(c1nc(OC[C@]34CCCN3CC(=C(F)F)C4)nc3c1CO[C@H](c1cc(N)cc(Cl)c1C(F)(F)F)C3)C2. The van der Waals surface area contributed by atoms with Gasteiger partial charge in [-0.2, -0.15) is 37.0 Å². The molecular weight excluding hydrogens is 687 g/mol. The van der Waals surface area contributed by atoms with Crippen molar-refractivity contribution in [2.45, 2.75) is 69.6 Å². The van der Waals surface area contributed by atoms with Crippen LogP contribution in [0, 0.1) is 0 Å². The standard InChI is InChI=1S/C33H36ClF5N8O3/c1-44(2)30(48)25-11-20-15-45(6-4-8-47(20)43-25)29-22-16-49-26(21-9-19(40)10-23(34)27(21)33(37,38)39)12-24(22)41-31(42-29)50-17-32-5-3-7-46(32)14-18(13-32)28(35)36/h9-11,26H,3-8,12-17,40H2,1-2H3/t26-,32+/m0/s1. The molecule has 1 amide bonds. The zero-order valence-electron chi connectivity index (χ0n) is 27.5. The van der Waals surface area contributed by atoms with Crippen molar-refractivity contribution in [3.63, 3.8) is 0 Å². The molecule has 2 fully saturated rings. The van der Waals surface area contributed by atoms with Gasteiger partial charge in [0.1, 0.15) is 12.4 Å². The van der Waals surface area contributed by atoms with Gasteiger partial charge in [0, 0.05) is 57.0 Å². The van der Waals surface area contributed by atoms with Crippen molar-refractivity contribution in [3.05, 3.63) is 68.6 Å². The Kier molecular flexibility index (Phi) is 8.91. The van der Waals surface area contributed by atoms with Crippen molar-refractivity contribution < 1.29 is 36.2 Å². The molecule has 0 aliphatic carbocycles. The minimum atomic E-state index is -4.77. The van der Waals surface area contributed by atoms with Gasteiger partial charge in [0.05, 0.1) is 46.8 Å². The Morgan fingerprint density at radius 2 is 1.94 bits per heavy atom. The number of halogens is 6. The van der Waals surface area contributed by atoms with Crippen LogP contribution in [-0.4, -0.2) is 81.3 Å². The van der Waals surface area contributed by atoms with Gasteiger partial charge >= 0.3 is 12.2 Å². The maximum absolute atomic E-state index is 14.2. The number of nitrogen functional groups attached to an aromatic ring is 1. The van der Waals surface area contributed by atoms with Crippen LogP contribution >= 0.6 is 11.6 Å². The van der Waals surface area contributed by atoms with Gasteiger partial charge in [-0.15, -0.1) is 0 Å².